The van der Waals surface area contributed by atoms with Gasteiger partial charge in [0.25, 0.3) is 0 Å². The van der Waals surface area contributed by atoms with Gasteiger partial charge in [-0.25, -0.2) is 0 Å². The average Bonchev–Trinajstić information content (AvgIpc) is 3.43. The molecule has 3 aromatic rings. The van der Waals surface area contributed by atoms with Crippen molar-refractivity contribution in [2.24, 2.45) is 7.05 Å². The van der Waals surface area contributed by atoms with Gasteiger partial charge in [0.15, 0.2) is 11.0 Å². The highest BCUT2D eigenvalue weighted by molar-refractivity contribution is 7.99. The number of carbonyl (C=O) groups is 1. The van der Waals surface area contributed by atoms with Gasteiger partial charge < -0.3 is 9.88 Å². The molecule has 6 heteroatoms. The van der Waals surface area contributed by atoms with E-state index in [9.17, 15) is 4.79 Å². The van der Waals surface area contributed by atoms with Crippen molar-refractivity contribution in [1.82, 2.24) is 20.1 Å². The third kappa shape index (κ3) is 3.97. The summed E-state index contributed by atoms with van der Waals surface area (Å²) < 4.78 is 1.94. The summed E-state index contributed by atoms with van der Waals surface area (Å²) in [4.78, 5) is 12.4. The molecule has 1 aromatic heterocycles. The maximum atomic E-state index is 12.4. The molecule has 144 valence electrons. The van der Waals surface area contributed by atoms with E-state index in [0.29, 0.717) is 12.3 Å². The number of hydrogen-bond donors (Lipinski definition) is 1. The van der Waals surface area contributed by atoms with Gasteiger partial charge in [0.1, 0.15) is 0 Å². The number of carbonyl (C=O) groups excluding carboxylic acids is 1. The molecule has 0 unspecified atom stereocenters. The van der Waals surface area contributed by atoms with E-state index < -0.39 is 0 Å². The van der Waals surface area contributed by atoms with Crippen molar-refractivity contribution in [2.45, 2.75) is 30.3 Å². The van der Waals surface area contributed by atoms with E-state index in [2.05, 4.69) is 58.8 Å². The first-order valence-electron chi connectivity index (χ1n) is 9.49. The molecule has 2 aromatic carbocycles. The molecule has 0 atom stereocenters. The number of nitrogens with zero attached hydrogens (tertiary/aromatic N) is 3. The van der Waals surface area contributed by atoms with Crippen LogP contribution in [-0.4, -0.2) is 33.0 Å². The molecule has 1 aliphatic carbocycles. The first kappa shape index (κ1) is 18.7. The third-order valence-corrected chi connectivity index (χ3v) is 6.36. The van der Waals surface area contributed by atoms with Gasteiger partial charge in [-0.05, 0) is 25.3 Å². The number of hydrogen-bond acceptors (Lipinski definition) is 4. The van der Waals surface area contributed by atoms with Gasteiger partial charge in [-0.2, -0.15) is 0 Å². The second kappa shape index (κ2) is 7.80. The SMILES string of the molecule is Cc1ccc(-c2nnc(SCC(=O)NCC3(c4ccccc4)CC3)n2C)cc1. The molecule has 0 saturated heterocycles. The Kier molecular flexibility index (Phi) is 5.22. The maximum Gasteiger partial charge on any atom is 0.230 e. The fraction of sp³-hybridized carbons (Fsp3) is 0.318. The van der Waals surface area contributed by atoms with E-state index in [1.165, 1.54) is 22.9 Å². The zero-order chi connectivity index (χ0) is 19.6. The maximum absolute atomic E-state index is 12.4. The Labute approximate surface area is 169 Å². The van der Waals surface area contributed by atoms with Crippen molar-refractivity contribution in [3.63, 3.8) is 0 Å². The summed E-state index contributed by atoms with van der Waals surface area (Å²) in [5.74, 6) is 1.18. The lowest BCUT2D eigenvalue weighted by Crippen LogP contribution is -2.33. The van der Waals surface area contributed by atoms with Crippen LogP contribution in [0.4, 0.5) is 0 Å². The van der Waals surface area contributed by atoms with Crippen LogP contribution in [0.15, 0.2) is 59.8 Å². The van der Waals surface area contributed by atoms with E-state index in [0.717, 1.165) is 29.4 Å². The van der Waals surface area contributed by atoms with Gasteiger partial charge in [0.05, 0.1) is 5.75 Å². The Morgan fingerprint density at radius 2 is 1.82 bits per heavy atom. The van der Waals surface area contributed by atoms with Crippen LogP contribution in [-0.2, 0) is 17.3 Å². The zero-order valence-electron chi connectivity index (χ0n) is 16.2. The molecular weight excluding hydrogens is 368 g/mol. The van der Waals surface area contributed by atoms with Gasteiger partial charge in [-0.3, -0.25) is 4.79 Å². The van der Waals surface area contributed by atoms with Gasteiger partial charge in [0, 0.05) is 24.6 Å². The van der Waals surface area contributed by atoms with E-state index in [1.807, 2.05) is 29.8 Å². The average molecular weight is 393 g/mol. The van der Waals surface area contributed by atoms with E-state index in [4.69, 9.17) is 0 Å². The number of thioether (sulfide) groups is 1. The minimum absolute atomic E-state index is 0.0343. The molecule has 1 amide bonds. The number of aryl methyl sites for hydroxylation is 1. The van der Waals surface area contributed by atoms with Crippen LogP contribution in [0, 0.1) is 6.92 Å². The quantitative estimate of drug-likeness (QED) is 0.623. The largest absolute Gasteiger partial charge is 0.354 e. The van der Waals surface area contributed by atoms with Crippen molar-refractivity contribution in [1.29, 1.82) is 0 Å². The molecule has 0 bridgehead atoms. The Balaban J connectivity index is 1.32. The van der Waals surface area contributed by atoms with Crippen molar-refractivity contribution in [2.75, 3.05) is 12.3 Å². The normalized spacial score (nSPS) is 14.6. The summed E-state index contributed by atoms with van der Waals surface area (Å²) in [6, 6.07) is 18.7. The second-order valence-electron chi connectivity index (χ2n) is 7.44. The summed E-state index contributed by atoms with van der Waals surface area (Å²) in [6.07, 6.45) is 2.27. The highest BCUT2D eigenvalue weighted by atomic mass is 32.2. The van der Waals surface area contributed by atoms with Crippen LogP contribution in [0.3, 0.4) is 0 Å². The van der Waals surface area contributed by atoms with Crippen molar-refractivity contribution >= 4 is 17.7 Å². The van der Waals surface area contributed by atoms with Crippen LogP contribution in [0.5, 0.6) is 0 Å². The van der Waals surface area contributed by atoms with Crippen LogP contribution in [0.25, 0.3) is 11.4 Å². The topological polar surface area (TPSA) is 59.8 Å². The number of nitrogens with one attached hydrogen (secondary N) is 1. The molecule has 0 spiro atoms. The standard InChI is InChI=1S/C22H24N4OS/c1-16-8-10-17(11-9-16)20-24-25-21(26(20)2)28-14-19(27)23-15-22(12-13-22)18-6-4-3-5-7-18/h3-11H,12-15H2,1-2H3,(H,23,27). The Bertz CT molecular complexity index is 962. The first-order chi connectivity index (χ1) is 13.6. The lowest BCUT2D eigenvalue weighted by Gasteiger charge is -2.16. The van der Waals surface area contributed by atoms with Crippen LogP contribution in [0.2, 0.25) is 0 Å². The second-order valence-corrected chi connectivity index (χ2v) is 8.39. The molecule has 0 aliphatic heterocycles. The molecule has 1 N–H and O–H groups in total. The predicted molar refractivity (Wildman–Crippen MR) is 112 cm³/mol. The molecule has 1 aliphatic rings. The van der Waals surface area contributed by atoms with E-state index in [1.54, 1.807) is 0 Å². The smallest absolute Gasteiger partial charge is 0.230 e. The number of benzene rings is 2. The Hall–Kier alpha value is -2.60. The van der Waals surface area contributed by atoms with Gasteiger partial charge >= 0.3 is 0 Å². The summed E-state index contributed by atoms with van der Waals surface area (Å²) in [7, 11) is 1.93. The van der Waals surface area contributed by atoms with Crippen molar-refractivity contribution < 1.29 is 4.79 Å². The minimum Gasteiger partial charge on any atom is -0.354 e. The van der Waals surface area contributed by atoms with Crippen LogP contribution < -0.4 is 5.32 Å². The minimum atomic E-state index is 0.0343. The Morgan fingerprint density at radius 1 is 1.11 bits per heavy atom. The molecular formula is C22H24N4OS. The first-order valence-corrected chi connectivity index (χ1v) is 10.5. The number of amides is 1. The molecule has 1 heterocycles. The summed E-state index contributed by atoms with van der Waals surface area (Å²) in [6.45, 7) is 2.76. The summed E-state index contributed by atoms with van der Waals surface area (Å²) in [5.41, 5.74) is 3.68. The fourth-order valence-electron chi connectivity index (χ4n) is 3.35. The highest BCUT2D eigenvalue weighted by Crippen LogP contribution is 2.47. The van der Waals surface area contributed by atoms with Crippen molar-refractivity contribution in [3.8, 4) is 11.4 Å². The summed E-state index contributed by atoms with van der Waals surface area (Å²) >= 11 is 1.42. The van der Waals surface area contributed by atoms with Crippen molar-refractivity contribution in [3.05, 3.63) is 65.7 Å². The molecule has 28 heavy (non-hydrogen) atoms. The lowest BCUT2D eigenvalue weighted by atomic mass is 9.96. The number of aromatic nitrogens is 3. The highest BCUT2D eigenvalue weighted by Gasteiger charge is 2.44. The van der Waals surface area contributed by atoms with Gasteiger partial charge in [-0.1, -0.05) is 71.9 Å². The monoisotopic (exact) mass is 392 g/mol. The van der Waals surface area contributed by atoms with Crippen LogP contribution >= 0.6 is 11.8 Å². The number of rotatable bonds is 7. The van der Waals surface area contributed by atoms with Crippen LogP contribution in [0.1, 0.15) is 24.0 Å². The molecule has 5 nitrogen and oxygen atoms in total. The third-order valence-electron chi connectivity index (χ3n) is 5.34. The predicted octanol–water partition coefficient (Wildman–Crippen LogP) is 3.73. The molecule has 1 fully saturated rings. The zero-order valence-corrected chi connectivity index (χ0v) is 17.0. The lowest BCUT2D eigenvalue weighted by molar-refractivity contribution is -0.118. The molecule has 0 radical (unpaired) electrons. The fourth-order valence-corrected chi connectivity index (χ4v) is 4.09. The van der Waals surface area contributed by atoms with E-state index >= 15 is 0 Å². The van der Waals surface area contributed by atoms with Gasteiger partial charge in [0.2, 0.25) is 5.91 Å². The van der Waals surface area contributed by atoms with Gasteiger partial charge in [-0.15, -0.1) is 10.2 Å². The van der Waals surface area contributed by atoms with E-state index in [-0.39, 0.29) is 11.3 Å². The Morgan fingerprint density at radius 3 is 2.50 bits per heavy atom. The molecule has 1 saturated carbocycles. The summed E-state index contributed by atoms with van der Waals surface area (Å²) in [5, 5.41) is 12.4. The molecule has 4 rings (SSSR count).